The highest BCUT2D eigenvalue weighted by Crippen LogP contribution is 2.31. The highest BCUT2D eigenvalue weighted by molar-refractivity contribution is 5.85. The van der Waals surface area contributed by atoms with E-state index in [4.69, 9.17) is 0 Å². The van der Waals surface area contributed by atoms with Gasteiger partial charge in [-0.1, -0.05) is 36.4 Å². The Morgan fingerprint density at radius 3 is 2.79 bits per heavy atom. The van der Waals surface area contributed by atoms with E-state index < -0.39 is 0 Å². The van der Waals surface area contributed by atoms with Gasteiger partial charge < -0.3 is 15.1 Å². The molecular weight excluding hydrogens is 362 g/mol. The summed E-state index contributed by atoms with van der Waals surface area (Å²) < 4.78 is 0. The van der Waals surface area contributed by atoms with Gasteiger partial charge in [-0.3, -0.25) is 9.69 Å². The first-order chi connectivity index (χ1) is 14.1. The minimum atomic E-state index is 0.0180. The molecule has 158 valence electrons. The van der Waals surface area contributed by atoms with Gasteiger partial charge in [0.2, 0.25) is 5.91 Å². The van der Waals surface area contributed by atoms with Gasteiger partial charge in [-0.25, -0.2) is 4.99 Å². The molecule has 1 aromatic carbocycles. The number of likely N-dealkylation sites (tertiary alicyclic amines) is 2. The molecule has 6 nitrogen and oxygen atoms in total. The number of carbonyl (C=O) groups is 1. The fourth-order valence-electron chi connectivity index (χ4n) is 4.43. The number of carbonyl (C=O) groups excluding carboxylic acids is 1. The van der Waals surface area contributed by atoms with Crippen LogP contribution < -0.4 is 5.32 Å². The van der Waals surface area contributed by atoms with Gasteiger partial charge in [-0.05, 0) is 37.3 Å². The summed E-state index contributed by atoms with van der Waals surface area (Å²) in [5.74, 6) is 1.49. The first-order valence-electron chi connectivity index (χ1n) is 10.7. The number of nitrogens with one attached hydrogen (secondary N) is 1. The second-order valence-corrected chi connectivity index (χ2v) is 8.26. The summed E-state index contributed by atoms with van der Waals surface area (Å²) in [5, 5.41) is 3.35. The number of fused-ring (bicyclic) bond motifs is 1. The summed E-state index contributed by atoms with van der Waals surface area (Å²) in [4.78, 5) is 23.2. The lowest BCUT2D eigenvalue weighted by atomic mass is 9.83. The third-order valence-electron chi connectivity index (χ3n) is 5.98. The lowest BCUT2D eigenvalue weighted by Gasteiger charge is -2.48. The summed E-state index contributed by atoms with van der Waals surface area (Å²) in [6.45, 7) is 8.81. The summed E-state index contributed by atoms with van der Waals surface area (Å²) in [6.07, 6.45) is 5.47. The minimum absolute atomic E-state index is 0.0180. The summed E-state index contributed by atoms with van der Waals surface area (Å²) in [7, 11) is 3.53. The van der Waals surface area contributed by atoms with Crippen molar-refractivity contribution < 1.29 is 4.79 Å². The maximum Gasteiger partial charge on any atom is 0.243 e. The van der Waals surface area contributed by atoms with E-state index in [2.05, 4.69) is 57.0 Å². The van der Waals surface area contributed by atoms with E-state index >= 15 is 0 Å². The van der Waals surface area contributed by atoms with Crippen LogP contribution in [0.25, 0.3) is 0 Å². The number of likely N-dealkylation sites (N-methyl/N-ethyl adjacent to an activating group) is 1. The summed E-state index contributed by atoms with van der Waals surface area (Å²) >= 11 is 0. The molecule has 0 saturated carbocycles. The van der Waals surface area contributed by atoms with Crippen LogP contribution in [0.4, 0.5) is 0 Å². The average molecular weight is 398 g/mol. The molecule has 2 saturated heterocycles. The Morgan fingerprint density at radius 2 is 2.07 bits per heavy atom. The van der Waals surface area contributed by atoms with Crippen LogP contribution in [0.1, 0.15) is 24.8 Å². The quantitative estimate of drug-likeness (QED) is 0.454. The zero-order valence-electron chi connectivity index (χ0n) is 17.9. The van der Waals surface area contributed by atoms with E-state index in [9.17, 15) is 4.79 Å². The molecule has 0 aliphatic carbocycles. The predicted octanol–water partition coefficient (Wildman–Crippen LogP) is 2.19. The van der Waals surface area contributed by atoms with Crippen LogP contribution in [0.5, 0.6) is 0 Å². The predicted molar refractivity (Wildman–Crippen MR) is 119 cm³/mol. The average Bonchev–Trinajstić information content (AvgIpc) is 2.74. The van der Waals surface area contributed by atoms with Gasteiger partial charge >= 0.3 is 0 Å². The Bertz CT molecular complexity index is 702. The largest absolute Gasteiger partial charge is 0.353 e. The molecule has 2 unspecified atom stereocenters. The van der Waals surface area contributed by atoms with E-state index in [1.807, 2.05) is 6.08 Å². The van der Waals surface area contributed by atoms with Crippen molar-refractivity contribution in [3.8, 4) is 0 Å². The van der Waals surface area contributed by atoms with E-state index in [-0.39, 0.29) is 12.5 Å². The second-order valence-electron chi connectivity index (χ2n) is 8.26. The van der Waals surface area contributed by atoms with Gasteiger partial charge in [0.15, 0.2) is 5.96 Å². The Labute approximate surface area is 175 Å². The van der Waals surface area contributed by atoms with Crippen LogP contribution >= 0.6 is 0 Å². The molecule has 29 heavy (non-hydrogen) atoms. The number of amides is 1. The highest BCUT2D eigenvalue weighted by Gasteiger charge is 2.36. The molecule has 3 rings (SSSR count). The molecule has 1 amide bonds. The van der Waals surface area contributed by atoms with Gasteiger partial charge in [-0.15, -0.1) is 6.58 Å². The first kappa shape index (κ1) is 21.4. The molecule has 0 bridgehead atoms. The Hall–Kier alpha value is -2.34. The molecule has 0 radical (unpaired) electrons. The van der Waals surface area contributed by atoms with Crippen LogP contribution in [-0.2, 0) is 11.3 Å². The Morgan fingerprint density at radius 1 is 1.28 bits per heavy atom. The number of benzene rings is 1. The maximum absolute atomic E-state index is 12.0. The second kappa shape index (κ2) is 10.4. The van der Waals surface area contributed by atoms with Crippen molar-refractivity contribution in [3.63, 3.8) is 0 Å². The van der Waals surface area contributed by atoms with Crippen molar-refractivity contribution in [1.29, 1.82) is 0 Å². The maximum atomic E-state index is 12.0. The van der Waals surface area contributed by atoms with E-state index in [1.54, 1.807) is 19.0 Å². The molecule has 2 fully saturated rings. The minimum Gasteiger partial charge on any atom is -0.353 e. The fraction of sp³-hybridized carbons (Fsp3) is 0.565. The van der Waals surface area contributed by atoms with Gasteiger partial charge in [-0.2, -0.15) is 0 Å². The van der Waals surface area contributed by atoms with Crippen LogP contribution in [0.15, 0.2) is 48.0 Å². The normalized spacial score (nSPS) is 22.7. The number of aliphatic imine (C=N–C) groups is 1. The smallest absolute Gasteiger partial charge is 0.243 e. The molecule has 0 spiro atoms. The molecule has 0 aromatic heterocycles. The van der Waals surface area contributed by atoms with E-state index in [0.29, 0.717) is 18.5 Å². The van der Waals surface area contributed by atoms with E-state index in [0.717, 1.165) is 32.0 Å². The lowest BCUT2D eigenvalue weighted by molar-refractivity contribution is -0.127. The molecule has 2 heterocycles. The van der Waals surface area contributed by atoms with Crippen LogP contribution in [0.3, 0.4) is 0 Å². The van der Waals surface area contributed by atoms with Crippen molar-refractivity contribution in [2.45, 2.75) is 31.8 Å². The number of rotatable bonds is 6. The zero-order chi connectivity index (χ0) is 20.6. The van der Waals surface area contributed by atoms with Crippen LogP contribution in [-0.4, -0.2) is 79.4 Å². The Kier molecular flexibility index (Phi) is 7.69. The lowest BCUT2D eigenvalue weighted by Crippen LogP contribution is -2.56. The van der Waals surface area contributed by atoms with Gasteiger partial charge in [0.1, 0.15) is 6.54 Å². The molecule has 2 atom stereocenters. The molecular formula is C23H35N5O. The summed E-state index contributed by atoms with van der Waals surface area (Å²) in [5.41, 5.74) is 1.40. The zero-order valence-corrected chi connectivity index (χ0v) is 17.9. The van der Waals surface area contributed by atoms with Crippen molar-refractivity contribution in [3.05, 3.63) is 48.6 Å². The van der Waals surface area contributed by atoms with Gasteiger partial charge in [0.25, 0.3) is 0 Å². The van der Waals surface area contributed by atoms with Crippen molar-refractivity contribution in [1.82, 2.24) is 20.0 Å². The van der Waals surface area contributed by atoms with Crippen molar-refractivity contribution in [2.75, 3.05) is 46.8 Å². The summed E-state index contributed by atoms with van der Waals surface area (Å²) in [6, 6.07) is 11.4. The highest BCUT2D eigenvalue weighted by atomic mass is 16.2. The monoisotopic (exact) mass is 397 g/mol. The van der Waals surface area contributed by atoms with Crippen LogP contribution in [0, 0.1) is 5.92 Å². The van der Waals surface area contributed by atoms with E-state index in [1.165, 1.54) is 24.9 Å². The molecule has 1 N–H and O–H groups in total. The van der Waals surface area contributed by atoms with Crippen LogP contribution in [0.2, 0.25) is 0 Å². The standard InChI is InChI=1S/C23H35N5O/c1-4-13-24-23(25-16-22(29)26(2)3)28-15-12-21-20(18-28)11-8-14-27(21)17-19-9-6-5-7-10-19/h4-7,9-10,20-21H,1,8,11-18H2,2-3H3,(H,24,25). The molecule has 2 aliphatic heterocycles. The topological polar surface area (TPSA) is 51.2 Å². The molecule has 6 heteroatoms. The van der Waals surface area contributed by atoms with Crippen molar-refractivity contribution >= 4 is 11.9 Å². The SMILES string of the molecule is C=CCNC(=NCC(=O)N(C)C)N1CCC2C(CCCN2Cc2ccccc2)C1. The first-order valence-corrected chi connectivity index (χ1v) is 10.7. The third kappa shape index (κ3) is 5.82. The Balaban J connectivity index is 1.65. The van der Waals surface area contributed by atoms with Crippen molar-refractivity contribution in [2.24, 2.45) is 10.9 Å². The number of hydrogen-bond acceptors (Lipinski definition) is 3. The number of piperidine rings is 2. The number of nitrogens with zero attached hydrogens (tertiary/aromatic N) is 4. The molecule has 1 aromatic rings. The fourth-order valence-corrected chi connectivity index (χ4v) is 4.43. The van der Waals surface area contributed by atoms with Gasteiger partial charge in [0, 0.05) is 46.3 Å². The third-order valence-corrected chi connectivity index (χ3v) is 5.98. The number of guanidine groups is 1. The number of hydrogen-bond donors (Lipinski definition) is 1. The van der Waals surface area contributed by atoms with Gasteiger partial charge in [0.05, 0.1) is 0 Å². The molecule has 2 aliphatic rings.